The Balaban J connectivity index is 1.95. The lowest BCUT2D eigenvalue weighted by molar-refractivity contribution is 0.315. The molecule has 90 valence electrons. The first kappa shape index (κ1) is 11.7. The number of benzene rings is 1. The standard InChI is InChI=1S/C13H18N4/c1-10-4-3-5-11(6-10)8-17(2)9-12-7-13(14)16-15-12/h3-7H,8-9H2,1-2H3,(H3,14,15,16). The van der Waals surface area contributed by atoms with Crippen LogP contribution in [0.25, 0.3) is 0 Å². The van der Waals surface area contributed by atoms with Crippen LogP contribution >= 0.6 is 0 Å². The number of aromatic nitrogens is 2. The Labute approximate surface area is 101 Å². The molecule has 0 atom stereocenters. The average Bonchev–Trinajstić information content (AvgIpc) is 2.63. The molecule has 0 amide bonds. The smallest absolute Gasteiger partial charge is 0.145 e. The fourth-order valence-corrected chi connectivity index (χ4v) is 1.93. The monoisotopic (exact) mass is 230 g/mol. The second kappa shape index (κ2) is 5.01. The summed E-state index contributed by atoms with van der Waals surface area (Å²) in [5.41, 5.74) is 9.22. The summed E-state index contributed by atoms with van der Waals surface area (Å²) in [6.45, 7) is 3.85. The molecule has 0 fully saturated rings. The minimum Gasteiger partial charge on any atom is -0.382 e. The van der Waals surface area contributed by atoms with Crippen molar-refractivity contribution in [1.82, 2.24) is 15.1 Å². The molecule has 0 saturated carbocycles. The van der Waals surface area contributed by atoms with Gasteiger partial charge in [0.1, 0.15) is 5.82 Å². The van der Waals surface area contributed by atoms with Crippen molar-refractivity contribution < 1.29 is 0 Å². The number of aryl methyl sites for hydroxylation is 1. The van der Waals surface area contributed by atoms with E-state index in [1.165, 1.54) is 11.1 Å². The molecule has 1 aromatic carbocycles. The van der Waals surface area contributed by atoms with Crippen LogP contribution in [0.5, 0.6) is 0 Å². The van der Waals surface area contributed by atoms with Crippen LogP contribution in [0.3, 0.4) is 0 Å². The van der Waals surface area contributed by atoms with E-state index in [1.807, 2.05) is 6.07 Å². The number of aromatic amines is 1. The maximum atomic E-state index is 5.57. The lowest BCUT2D eigenvalue weighted by Crippen LogP contribution is -2.17. The first-order valence-electron chi connectivity index (χ1n) is 5.67. The van der Waals surface area contributed by atoms with Gasteiger partial charge in [0, 0.05) is 19.2 Å². The number of nitrogen functional groups attached to an aromatic ring is 1. The van der Waals surface area contributed by atoms with Crippen LogP contribution < -0.4 is 5.73 Å². The van der Waals surface area contributed by atoms with Crippen molar-refractivity contribution in [3.63, 3.8) is 0 Å². The summed E-state index contributed by atoms with van der Waals surface area (Å²) in [4.78, 5) is 2.22. The lowest BCUT2D eigenvalue weighted by Gasteiger charge is -2.15. The van der Waals surface area contributed by atoms with Gasteiger partial charge < -0.3 is 5.73 Å². The number of hydrogen-bond acceptors (Lipinski definition) is 3. The van der Waals surface area contributed by atoms with Gasteiger partial charge in [-0.3, -0.25) is 10.00 Å². The lowest BCUT2D eigenvalue weighted by atomic mass is 10.1. The molecule has 0 unspecified atom stereocenters. The zero-order valence-electron chi connectivity index (χ0n) is 10.3. The van der Waals surface area contributed by atoms with Gasteiger partial charge in [-0.15, -0.1) is 0 Å². The molecule has 4 heteroatoms. The van der Waals surface area contributed by atoms with Crippen molar-refractivity contribution in [2.24, 2.45) is 0 Å². The molecule has 2 rings (SSSR count). The van der Waals surface area contributed by atoms with Gasteiger partial charge in [-0.1, -0.05) is 29.8 Å². The Hall–Kier alpha value is -1.81. The van der Waals surface area contributed by atoms with Crippen molar-refractivity contribution in [1.29, 1.82) is 0 Å². The van der Waals surface area contributed by atoms with Crippen molar-refractivity contribution in [3.8, 4) is 0 Å². The molecule has 2 aromatic rings. The third-order valence-corrected chi connectivity index (χ3v) is 2.63. The first-order chi connectivity index (χ1) is 8.13. The zero-order valence-corrected chi connectivity index (χ0v) is 10.3. The number of nitrogens with one attached hydrogen (secondary N) is 1. The van der Waals surface area contributed by atoms with E-state index < -0.39 is 0 Å². The molecule has 3 N–H and O–H groups in total. The molecule has 0 radical (unpaired) electrons. The Bertz CT molecular complexity index is 490. The van der Waals surface area contributed by atoms with E-state index >= 15 is 0 Å². The van der Waals surface area contributed by atoms with E-state index in [2.05, 4.69) is 53.3 Å². The molecule has 0 saturated heterocycles. The van der Waals surface area contributed by atoms with Crippen molar-refractivity contribution in [2.45, 2.75) is 20.0 Å². The van der Waals surface area contributed by atoms with E-state index in [9.17, 15) is 0 Å². The summed E-state index contributed by atoms with van der Waals surface area (Å²) in [7, 11) is 2.08. The number of nitrogens with two attached hydrogens (primary N) is 1. The SMILES string of the molecule is Cc1cccc(CN(C)Cc2cc(N)n[nH]2)c1. The van der Waals surface area contributed by atoms with Gasteiger partial charge >= 0.3 is 0 Å². The molecule has 0 aliphatic carbocycles. The molecule has 0 aliphatic heterocycles. The van der Waals surface area contributed by atoms with Gasteiger partial charge in [0.05, 0.1) is 5.69 Å². The first-order valence-corrected chi connectivity index (χ1v) is 5.67. The number of rotatable bonds is 4. The second-order valence-corrected chi connectivity index (χ2v) is 4.48. The maximum absolute atomic E-state index is 5.57. The van der Waals surface area contributed by atoms with Gasteiger partial charge in [0.15, 0.2) is 0 Å². The van der Waals surface area contributed by atoms with Gasteiger partial charge in [0.2, 0.25) is 0 Å². The molecule has 1 aromatic heterocycles. The summed E-state index contributed by atoms with van der Waals surface area (Å²) in [6.07, 6.45) is 0. The molecule has 1 heterocycles. The molecule has 4 nitrogen and oxygen atoms in total. The fraction of sp³-hybridized carbons (Fsp3) is 0.308. The highest BCUT2D eigenvalue weighted by Crippen LogP contribution is 2.09. The maximum Gasteiger partial charge on any atom is 0.145 e. The predicted molar refractivity (Wildman–Crippen MR) is 69.4 cm³/mol. The average molecular weight is 230 g/mol. The van der Waals surface area contributed by atoms with Crippen molar-refractivity contribution >= 4 is 5.82 Å². The molecular formula is C13H18N4. The number of anilines is 1. The summed E-state index contributed by atoms with van der Waals surface area (Å²) in [5, 5.41) is 6.83. The summed E-state index contributed by atoms with van der Waals surface area (Å²) >= 11 is 0. The van der Waals surface area contributed by atoms with Crippen LogP contribution in [0.15, 0.2) is 30.3 Å². The van der Waals surface area contributed by atoms with Crippen LogP contribution in [0, 0.1) is 6.92 Å². The van der Waals surface area contributed by atoms with Crippen LogP contribution in [0.4, 0.5) is 5.82 Å². The zero-order chi connectivity index (χ0) is 12.3. The number of H-pyrrole nitrogens is 1. The Morgan fingerprint density at radius 1 is 1.29 bits per heavy atom. The van der Waals surface area contributed by atoms with Gasteiger partial charge in [-0.25, -0.2) is 0 Å². The van der Waals surface area contributed by atoms with Crippen LogP contribution in [-0.4, -0.2) is 22.1 Å². The van der Waals surface area contributed by atoms with E-state index in [4.69, 9.17) is 5.73 Å². The normalized spacial score (nSPS) is 11.0. The Morgan fingerprint density at radius 2 is 2.12 bits per heavy atom. The quantitative estimate of drug-likeness (QED) is 0.843. The summed E-state index contributed by atoms with van der Waals surface area (Å²) < 4.78 is 0. The topological polar surface area (TPSA) is 57.9 Å². The minimum absolute atomic E-state index is 0.545. The van der Waals surface area contributed by atoms with E-state index in [0.717, 1.165) is 18.8 Å². The summed E-state index contributed by atoms with van der Waals surface area (Å²) in [6, 6.07) is 10.4. The van der Waals surface area contributed by atoms with Crippen LogP contribution in [-0.2, 0) is 13.1 Å². The fourth-order valence-electron chi connectivity index (χ4n) is 1.93. The number of nitrogens with zero attached hydrogens (tertiary/aromatic N) is 2. The van der Waals surface area contributed by atoms with Crippen LogP contribution in [0.1, 0.15) is 16.8 Å². The van der Waals surface area contributed by atoms with Crippen molar-refractivity contribution in [2.75, 3.05) is 12.8 Å². The largest absolute Gasteiger partial charge is 0.382 e. The van der Waals surface area contributed by atoms with Crippen LogP contribution in [0.2, 0.25) is 0 Å². The Kier molecular flexibility index (Phi) is 3.44. The third kappa shape index (κ3) is 3.32. The van der Waals surface area contributed by atoms with Gasteiger partial charge in [-0.05, 0) is 19.5 Å². The summed E-state index contributed by atoms with van der Waals surface area (Å²) in [5.74, 6) is 0.545. The molecular weight excluding hydrogens is 212 g/mol. The van der Waals surface area contributed by atoms with Crippen molar-refractivity contribution in [3.05, 3.63) is 47.2 Å². The molecule has 0 spiro atoms. The second-order valence-electron chi connectivity index (χ2n) is 4.48. The third-order valence-electron chi connectivity index (χ3n) is 2.63. The predicted octanol–water partition coefficient (Wildman–Crippen LogP) is 1.93. The van der Waals surface area contributed by atoms with E-state index in [-0.39, 0.29) is 0 Å². The molecule has 0 aliphatic rings. The van der Waals surface area contributed by atoms with E-state index in [1.54, 1.807) is 0 Å². The highest BCUT2D eigenvalue weighted by atomic mass is 15.2. The van der Waals surface area contributed by atoms with E-state index in [0.29, 0.717) is 5.82 Å². The van der Waals surface area contributed by atoms with Gasteiger partial charge in [-0.2, -0.15) is 5.10 Å². The number of hydrogen-bond donors (Lipinski definition) is 2. The van der Waals surface area contributed by atoms with Gasteiger partial charge in [0.25, 0.3) is 0 Å². The highest BCUT2D eigenvalue weighted by molar-refractivity contribution is 5.28. The molecule has 0 bridgehead atoms. The molecule has 17 heavy (non-hydrogen) atoms. The highest BCUT2D eigenvalue weighted by Gasteiger charge is 2.04. The Morgan fingerprint density at radius 3 is 2.76 bits per heavy atom. The minimum atomic E-state index is 0.545.